The van der Waals surface area contributed by atoms with Gasteiger partial charge in [0.1, 0.15) is 5.75 Å². The van der Waals surface area contributed by atoms with Gasteiger partial charge in [-0.2, -0.15) is 4.31 Å². The molecule has 2 N–H and O–H groups in total. The molecule has 0 amide bonds. The number of aliphatic imine (C=N–C) groups is 1. The SMILES string of the molecule is CN=C(NCCCOc1ccccc1)NCc1ccc(S(=O)(=O)N2CCCCC2)cc1. The van der Waals surface area contributed by atoms with Crippen molar-refractivity contribution in [2.24, 2.45) is 4.99 Å². The van der Waals surface area contributed by atoms with Crippen molar-refractivity contribution < 1.29 is 13.2 Å². The van der Waals surface area contributed by atoms with Gasteiger partial charge in [-0.1, -0.05) is 36.8 Å². The molecule has 0 aliphatic carbocycles. The second-order valence-corrected chi connectivity index (χ2v) is 9.41. The number of sulfonamides is 1. The third kappa shape index (κ3) is 6.97. The van der Waals surface area contributed by atoms with Gasteiger partial charge in [0.2, 0.25) is 10.0 Å². The van der Waals surface area contributed by atoms with Crippen LogP contribution in [0.25, 0.3) is 0 Å². The summed E-state index contributed by atoms with van der Waals surface area (Å²) in [6.07, 6.45) is 3.82. The van der Waals surface area contributed by atoms with Crippen molar-refractivity contribution in [2.45, 2.75) is 37.1 Å². The van der Waals surface area contributed by atoms with Crippen LogP contribution in [0.3, 0.4) is 0 Å². The van der Waals surface area contributed by atoms with E-state index >= 15 is 0 Å². The standard InChI is InChI=1S/C23H32N4O3S/c1-24-23(25-15-8-18-30-21-9-4-2-5-10-21)26-19-20-11-13-22(14-12-20)31(28,29)27-16-6-3-7-17-27/h2,4-5,9-14H,3,6-8,15-19H2,1H3,(H2,24,25,26). The van der Waals surface area contributed by atoms with E-state index in [9.17, 15) is 8.42 Å². The molecule has 0 radical (unpaired) electrons. The monoisotopic (exact) mass is 444 g/mol. The van der Waals surface area contributed by atoms with Gasteiger partial charge in [0, 0.05) is 33.2 Å². The Kier molecular flexibility index (Phi) is 8.73. The number of piperidine rings is 1. The average molecular weight is 445 g/mol. The van der Waals surface area contributed by atoms with Gasteiger partial charge in [0.05, 0.1) is 11.5 Å². The summed E-state index contributed by atoms with van der Waals surface area (Å²) in [4.78, 5) is 4.59. The van der Waals surface area contributed by atoms with Crippen LogP contribution < -0.4 is 15.4 Å². The molecular formula is C23H32N4O3S. The van der Waals surface area contributed by atoms with Gasteiger partial charge in [-0.25, -0.2) is 8.42 Å². The predicted molar refractivity (Wildman–Crippen MR) is 124 cm³/mol. The minimum atomic E-state index is -3.39. The molecule has 0 unspecified atom stereocenters. The lowest BCUT2D eigenvalue weighted by molar-refractivity contribution is 0.311. The number of rotatable bonds is 9. The second kappa shape index (κ2) is 11.7. The fourth-order valence-corrected chi connectivity index (χ4v) is 4.94. The molecule has 0 aromatic heterocycles. The number of para-hydroxylation sites is 1. The quantitative estimate of drug-likeness (QED) is 0.353. The van der Waals surface area contributed by atoms with Gasteiger partial charge in [-0.3, -0.25) is 4.99 Å². The number of nitrogens with one attached hydrogen (secondary N) is 2. The lowest BCUT2D eigenvalue weighted by Gasteiger charge is -2.25. The van der Waals surface area contributed by atoms with Crippen LogP contribution in [0.5, 0.6) is 5.75 Å². The fraction of sp³-hybridized carbons (Fsp3) is 0.435. The maximum absolute atomic E-state index is 12.7. The predicted octanol–water partition coefficient (Wildman–Crippen LogP) is 3.00. The maximum atomic E-state index is 12.7. The molecule has 2 aromatic rings. The van der Waals surface area contributed by atoms with E-state index in [0.717, 1.165) is 43.5 Å². The fourth-order valence-electron chi connectivity index (χ4n) is 3.43. The van der Waals surface area contributed by atoms with Crippen molar-refractivity contribution in [3.05, 3.63) is 60.2 Å². The minimum Gasteiger partial charge on any atom is -0.494 e. The van der Waals surface area contributed by atoms with Crippen molar-refractivity contribution >= 4 is 16.0 Å². The molecule has 31 heavy (non-hydrogen) atoms. The summed E-state index contributed by atoms with van der Waals surface area (Å²) in [6.45, 7) is 3.15. The summed E-state index contributed by atoms with van der Waals surface area (Å²) >= 11 is 0. The molecule has 8 heteroatoms. The van der Waals surface area contributed by atoms with E-state index in [2.05, 4.69) is 15.6 Å². The van der Waals surface area contributed by atoms with Crippen LogP contribution in [0.15, 0.2) is 64.5 Å². The van der Waals surface area contributed by atoms with Crippen LogP contribution in [-0.4, -0.2) is 52.0 Å². The molecule has 0 bridgehead atoms. The molecule has 2 aromatic carbocycles. The maximum Gasteiger partial charge on any atom is 0.243 e. The van der Waals surface area contributed by atoms with Crippen LogP contribution in [0.4, 0.5) is 0 Å². The topological polar surface area (TPSA) is 83.0 Å². The molecule has 1 saturated heterocycles. The molecule has 1 aliphatic rings. The molecule has 0 atom stereocenters. The normalized spacial score (nSPS) is 15.5. The van der Waals surface area contributed by atoms with Gasteiger partial charge in [0.25, 0.3) is 0 Å². The largest absolute Gasteiger partial charge is 0.494 e. The molecule has 7 nitrogen and oxygen atoms in total. The molecule has 168 valence electrons. The Balaban J connectivity index is 1.41. The van der Waals surface area contributed by atoms with E-state index in [0.29, 0.717) is 37.1 Å². The first-order valence-electron chi connectivity index (χ1n) is 10.8. The van der Waals surface area contributed by atoms with E-state index in [1.807, 2.05) is 42.5 Å². The summed E-state index contributed by atoms with van der Waals surface area (Å²) in [5.41, 5.74) is 0.993. The van der Waals surface area contributed by atoms with Crippen molar-refractivity contribution in [1.29, 1.82) is 0 Å². The van der Waals surface area contributed by atoms with Crippen LogP contribution in [0.2, 0.25) is 0 Å². The molecule has 3 rings (SSSR count). The van der Waals surface area contributed by atoms with Crippen molar-refractivity contribution in [3.63, 3.8) is 0 Å². The number of ether oxygens (including phenoxy) is 1. The third-order valence-electron chi connectivity index (χ3n) is 5.19. The highest BCUT2D eigenvalue weighted by molar-refractivity contribution is 7.89. The Bertz CT molecular complexity index is 925. The Morgan fingerprint density at radius 1 is 1.00 bits per heavy atom. The van der Waals surface area contributed by atoms with Crippen LogP contribution >= 0.6 is 0 Å². The number of hydrogen-bond acceptors (Lipinski definition) is 4. The number of nitrogens with zero attached hydrogens (tertiary/aromatic N) is 2. The summed E-state index contributed by atoms with van der Waals surface area (Å²) in [5.74, 6) is 1.57. The van der Waals surface area contributed by atoms with Crippen LogP contribution in [0.1, 0.15) is 31.2 Å². The number of benzene rings is 2. The van der Waals surface area contributed by atoms with Crippen LogP contribution in [0, 0.1) is 0 Å². The second-order valence-electron chi connectivity index (χ2n) is 7.48. The molecular weight excluding hydrogens is 412 g/mol. The lowest BCUT2D eigenvalue weighted by atomic mass is 10.2. The van der Waals surface area contributed by atoms with Gasteiger partial charge >= 0.3 is 0 Å². The molecule has 0 saturated carbocycles. The summed E-state index contributed by atoms with van der Waals surface area (Å²) < 4.78 is 32.8. The van der Waals surface area contributed by atoms with Crippen molar-refractivity contribution in [2.75, 3.05) is 33.3 Å². The van der Waals surface area contributed by atoms with E-state index in [1.165, 1.54) is 0 Å². The Hall–Kier alpha value is -2.58. The zero-order valence-corrected chi connectivity index (χ0v) is 18.9. The lowest BCUT2D eigenvalue weighted by Crippen LogP contribution is -2.37. The zero-order valence-electron chi connectivity index (χ0n) is 18.1. The molecule has 1 heterocycles. The molecule has 1 fully saturated rings. The van der Waals surface area contributed by atoms with Crippen LogP contribution in [-0.2, 0) is 16.6 Å². The first kappa shape index (κ1) is 23.1. The van der Waals surface area contributed by atoms with Gasteiger partial charge in [-0.05, 0) is 49.1 Å². The van der Waals surface area contributed by atoms with Gasteiger partial charge in [0.15, 0.2) is 5.96 Å². The van der Waals surface area contributed by atoms with Crippen molar-refractivity contribution in [3.8, 4) is 5.75 Å². The van der Waals surface area contributed by atoms with E-state index in [-0.39, 0.29) is 0 Å². The van der Waals surface area contributed by atoms with Gasteiger partial charge in [-0.15, -0.1) is 0 Å². The van der Waals surface area contributed by atoms with E-state index in [1.54, 1.807) is 23.5 Å². The van der Waals surface area contributed by atoms with E-state index in [4.69, 9.17) is 4.74 Å². The zero-order chi connectivity index (χ0) is 21.9. The van der Waals surface area contributed by atoms with Crippen molar-refractivity contribution in [1.82, 2.24) is 14.9 Å². The summed E-state index contributed by atoms with van der Waals surface area (Å²) in [6, 6.07) is 16.8. The highest BCUT2D eigenvalue weighted by Crippen LogP contribution is 2.20. The summed E-state index contributed by atoms with van der Waals surface area (Å²) in [7, 11) is -1.66. The third-order valence-corrected chi connectivity index (χ3v) is 7.10. The number of hydrogen-bond donors (Lipinski definition) is 2. The Labute approximate surface area is 185 Å². The number of guanidine groups is 1. The molecule has 1 aliphatic heterocycles. The molecule has 0 spiro atoms. The first-order chi connectivity index (χ1) is 15.1. The van der Waals surface area contributed by atoms with E-state index < -0.39 is 10.0 Å². The highest BCUT2D eigenvalue weighted by atomic mass is 32.2. The highest BCUT2D eigenvalue weighted by Gasteiger charge is 2.25. The Morgan fingerprint density at radius 3 is 2.39 bits per heavy atom. The summed E-state index contributed by atoms with van der Waals surface area (Å²) in [5, 5.41) is 6.52. The minimum absolute atomic E-state index is 0.360. The Morgan fingerprint density at radius 2 is 1.71 bits per heavy atom. The smallest absolute Gasteiger partial charge is 0.243 e. The first-order valence-corrected chi connectivity index (χ1v) is 12.2. The van der Waals surface area contributed by atoms with Gasteiger partial charge < -0.3 is 15.4 Å². The average Bonchev–Trinajstić information content (AvgIpc) is 2.82.